The van der Waals surface area contributed by atoms with Crippen molar-refractivity contribution >= 4 is 39.1 Å². The van der Waals surface area contributed by atoms with Crippen LogP contribution in [0.15, 0.2) is 29.2 Å². The van der Waals surface area contributed by atoms with E-state index in [1.165, 1.54) is 24.3 Å². The molecule has 1 unspecified atom stereocenters. The van der Waals surface area contributed by atoms with Crippen molar-refractivity contribution in [2.45, 2.75) is 22.6 Å². The van der Waals surface area contributed by atoms with E-state index in [9.17, 15) is 13.2 Å². The maximum absolute atomic E-state index is 12.0. The van der Waals surface area contributed by atoms with Gasteiger partial charge in [-0.25, -0.2) is 13.1 Å². The topological polar surface area (TPSA) is 72.5 Å². The Morgan fingerprint density at radius 3 is 2.40 bits per heavy atom. The van der Waals surface area contributed by atoms with Crippen LogP contribution in [-0.4, -0.2) is 25.3 Å². The summed E-state index contributed by atoms with van der Waals surface area (Å²) in [6.45, 7) is 2.31. The maximum Gasteiger partial charge on any atom is 0.264 e. The van der Waals surface area contributed by atoms with E-state index in [4.69, 9.17) is 27.9 Å². The van der Waals surface area contributed by atoms with Gasteiger partial charge in [-0.05, 0) is 37.6 Å². The van der Waals surface area contributed by atoms with Crippen molar-refractivity contribution in [1.29, 1.82) is 0 Å². The molecule has 1 aliphatic carbocycles. The highest BCUT2D eigenvalue weighted by Crippen LogP contribution is 2.53. The molecule has 0 aliphatic heterocycles. The molecule has 1 aromatic carbocycles. The van der Waals surface area contributed by atoms with Crippen LogP contribution in [0.4, 0.5) is 0 Å². The number of hydrogen-bond acceptors (Lipinski definition) is 4. The van der Waals surface area contributed by atoms with Crippen LogP contribution in [0.1, 0.15) is 13.3 Å². The Balaban J connectivity index is 2.08. The minimum absolute atomic E-state index is 0.0234. The minimum atomic E-state index is -3.92. The molecule has 110 valence electrons. The van der Waals surface area contributed by atoms with E-state index in [2.05, 4.69) is 0 Å². The van der Waals surface area contributed by atoms with Crippen LogP contribution >= 0.6 is 23.2 Å². The van der Waals surface area contributed by atoms with E-state index in [0.29, 0.717) is 12.4 Å². The lowest BCUT2D eigenvalue weighted by molar-refractivity contribution is -0.120. The van der Waals surface area contributed by atoms with Gasteiger partial charge in [-0.1, -0.05) is 0 Å². The van der Waals surface area contributed by atoms with Crippen LogP contribution in [0.3, 0.4) is 0 Å². The van der Waals surface area contributed by atoms with Gasteiger partial charge in [0.15, 0.2) is 0 Å². The number of hydrogen-bond donors (Lipinski definition) is 1. The summed E-state index contributed by atoms with van der Waals surface area (Å²) in [5.74, 6) is -0.826. The Labute approximate surface area is 127 Å². The van der Waals surface area contributed by atoms with Gasteiger partial charge in [-0.3, -0.25) is 4.79 Å². The lowest BCUT2D eigenvalue weighted by Gasteiger charge is -2.08. The van der Waals surface area contributed by atoms with Crippen LogP contribution in [-0.2, 0) is 14.8 Å². The van der Waals surface area contributed by atoms with Crippen molar-refractivity contribution in [3.63, 3.8) is 0 Å². The third kappa shape index (κ3) is 3.37. The summed E-state index contributed by atoms with van der Waals surface area (Å²) in [7, 11) is -3.92. The molecular formula is C12H13Cl2NO4S. The van der Waals surface area contributed by atoms with E-state index in [1.54, 1.807) is 0 Å². The number of nitrogens with one attached hydrogen (secondary N) is 1. The van der Waals surface area contributed by atoms with Gasteiger partial charge in [-0.2, -0.15) is 0 Å². The summed E-state index contributed by atoms with van der Waals surface area (Å²) >= 11 is 11.5. The second-order valence-electron chi connectivity index (χ2n) is 4.39. The molecule has 1 aliphatic rings. The highest BCUT2D eigenvalue weighted by Gasteiger charge is 2.57. The number of carbonyl (C=O) groups is 1. The molecule has 0 bridgehead atoms. The maximum atomic E-state index is 12.0. The Morgan fingerprint density at radius 1 is 1.40 bits per heavy atom. The summed E-state index contributed by atoms with van der Waals surface area (Å²) in [6.07, 6.45) is 0.251. The van der Waals surface area contributed by atoms with Crippen LogP contribution in [0, 0.1) is 5.92 Å². The fourth-order valence-corrected chi connectivity index (χ4v) is 3.17. The SMILES string of the molecule is CCOc1ccc(S(=O)(=O)NC(=O)C2CC2(Cl)Cl)cc1. The smallest absolute Gasteiger partial charge is 0.264 e. The van der Waals surface area contributed by atoms with Gasteiger partial charge in [-0.15, -0.1) is 23.2 Å². The lowest BCUT2D eigenvalue weighted by Crippen LogP contribution is -2.32. The summed E-state index contributed by atoms with van der Waals surface area (Å²) in [4.78, 5) is 11.7. The number of rotatable bonds is 5. The molecule has 1 fully saturated rings. The quantitative estimate of drug-likeness (QED) is 0.835. The van der Waals surface area contributed by atoms with Crippen LogP contribution in [0.2, 0.25) is 0 Å². The van der Waals surface area contributed by atoms with Gasteiger partial charge >= 0.3 is 0 Å². The van der Waals surface area contributed by atoms with Gasteiger partial charge in [0.1, 0.15) is 10.1 Å². The zero-order valence-corrected chi connectivity index (χ0v) is 12.9. The number of alkyl halides is 2. The van der Waals surface area contributed by atoms with Gasteiger partial charge in [0.25, 0.3) is 10.0 Å². The van der Waals surface area contributed by atoms with Crippen molar-refractivity contribution in [2.75, 3.05) is 6.61 Å². The molecule has 8 heteroatoms. The van der Waals surface area contributed by atoms with E-state index >= 15 is 0 Å². The minimum Gasteiger partial charge on any atom is -0.494 e. The molecule has 20 heavy (non-hydrogen) atoms. The second-order valence-corrected chi connectivity index (χ2v) is 7.62. The summed E-state index contributed by atoms with van der Waals surface area (Å²) in [5.41, 5.74) is 0. The van der Waals surface area contributed by atoms with Crippen LogP contribution in [0.5, 0.6) is 5.75 Å². The van der Waals surface area contributed by atoms with Crippen LogP contribution < -0.4 is 9.46 Å². The number of amides is 1. The summed E-state index contributed by atoms with van der Waals surface area (Å²) in [6, 6.07) is 5.77. The largest absolute Gasteiger partial charge is 0.494 e. The van der Waals surface area contributed by atoms with Gasteiger partial charge in [0, 0.05) is 0 Å². The molecule has 1 amide bonds. The van der Waals surface area contributed by atoms with E-state index in [-0.39, 0.29) is 11.3 Å². The second kappa shape index (κ2) is 5.42. The lowest BCUT2D eigenvalue weighted by atomic mass is 10.3. The molecule has 1 N–H and O–H groups in total. The average molecular weight is 338 g/mol. The van der Waals surface area contributed by atoms with E-state index in [0.717, 1.165) is 0 Å². The standard InChI is InChI=1S/C12H13Cl2NO4S/c1-2-19-8-3-5-9(6-4-8)20(17,18)15-11(16)10-7-12(10,13)14/h3-6,10H,2,7H2,1H3,(H,15,16). The van der Waals surface area contributed by atoms with Gasteiger partial charge in [0.2, 0.25) is 5.91 Å². The van der Waals surface area contributed by atoms with Crippen molar-refractivity contribution < 1.29 is 17.9 Å². The molecule has 1 atom stereocenters. The van der Waals surface area contributed by atoms with Crippen molar-refractivity contribution in [2.24, 2.45) is 5.92 Å². The highest BCUT2D eigenvalue weighted by molar-refractivity contribution is 7.90. The zero-order valence-electron chi connectivity index (χ0n) is 10.6. The first-order valence-corrected chi connectivity index (χ1v) is 8.17. The number of halogens is 2. The highest BCUT2D eigenvalue weighted by atomic mass is 35.5. The first-order chi connectivity index (χ1) is 9.26. The first kappa shape index (κ1) is 15.4. The number of carbonyl (C=O) groups excluding carboxylic acids is 1. The Kier molecular flexibility index (Phi) is 4.18. The molecule has 0 heterocycles. The number of ether oxygens (including phenoxy) is 1. The predicted molar refractivity (Wildman–Crippen MR) is 75.5 cm³/mol. The average Bonchev–Trinajstić information content (AvgIpc) is 2.99. The molecule has 0 spiro atoms. The fraction of sp³-hybridized carbons (Fsp3) is 0.417. The monoisotopic (exact) mass is 337 g/mol. The fourth-order valence-electron chi connectivity index (χ4n) is 1.64. The van der Waals surface area contributed by atoms with Gasteiger partial charge in [0.05, 0.1) is 17.4 Å². The molecular weight excluding hydrogens is 325 g/mol. The molecule has 0 radical (unpaired) electrons. The van der Waals surface area contributed by atoms with Crippen molar-refractivity contribution in [3.8, 4) is 5.75 Å². The molecule has 0 aromatic heterocycles. The normalized spacial score (nSPS) is 20.2. The predicted octanol–water partition coefficient (Wildman–Crippen LogP) is 2.08. The van der Waals surface area contributed by atoms with Gasteiger partial charge < -0.3 is 4.74 Å². The van der Waals surface area contributed by atoms with Crippen molar-refractivity contribution in [1.82, 2.24) is 4.72 Å². The molecule has 1 saturated carbocycles. The molecule has 1 aromatic rings. The number of benzene rings is 1. The molecule has 5 nitrogen and oxygen atoms in total. The summed E-state index contributed by atoms with van der Waals surface area (Å²) in [5, 5.41) is 0. The van der Waals surface area contributed by atoms with Crippen LogP contribution in [0.25, 0.3) is 0 Å². The van der Waals surface area contributed by atoms with Crippen molar-refractivity contribution in [3.05, 3.63) is 24.3 Å². The Hall–Kier alpha value is -0.980. The molecule has 0 saturated heterocycles. The zero-order chi connectivity index (χ0) is 15.0. The Bertz CT molecular complexity index is 613. The van der Waals surface area contributed by atoms with E-state index < -0.39 is 26.2 Å². The first-order valence-electron chi connectivity index (χ1n) is 5.93. The third-order valence-corrected chi connectivity index (χ3v) is 5.02. The van der Waals surface area contributed by atoms with E-state index in [1.807, 2.05) is 11.6 Å². The third-order valence-electron chi connectivity index (χ3n) is 2.82. The summed E-state index contributed by atoms with van der Waals surface area (Å²) < 4.78 is 30.0. The Morgan fingerprint density at radius 2 is 1.95 bits per heavy atom. The number of sulfonamides is 1. The molecule has 2 rings (SSSR count).